The van der Waals surface area contributed by atoms with Gasteiger partial charge in [-0.15, -0.1) is 11.3 Å². The normalized spacial score (nSPS) is 27.3. The summed E-state index contributed by atoms with van der Waals surface area (Å²) in [5, 5.41) is 1.11. The second-order valence-electron chi connectivity index (χ2n) is 16.7. The van der Waals surface area contributed by atoms with Crippen LogP contribution in [0.4, 0.5) is 10.6 Å². The van der Waals surface area contributed by atoms with Gasteiger partial charge in [-0.3, -0.25) is 9.69 Å². The Morgan fingerprint density at radius 2 is 1.71 bits per heavy atom. The van der Waals surface area contributed by atoms with Crippen LogP contribution in [0.25, 0.3) is 10.4 Å². The maximum Gasteiger partial charge on any atom is 0.410 e. The summed E-state index contributed by atoms with van der Waals surface area (Å²) in [6, 6.07) is 11.3. The number of methoxy groups -OCH3 is 1. The molecule has 3 aromatic rings. The molecule has 2 bridgehead atoms. The van der Waals surface area contributed by atoms with Crippen molar-refractivity contribution in [2.75, 3.05) is 45.7 Å². The van der Waals surface area contributed by atoms with Crippen molar-refractivity contribution >= 4 is 29.2 Å². The third-order valence-electron chi connectivity index (χ3n) is 12.9. The van der Waals surface area contributed by atoms with E-state index in [1.165, 1.54) is 11.1 Å². The summed E-state index contributed by atoms with van der Waals surface area (Å²) < 4.78 is 11.6. The third-order valence-corrected chi connectivity index (χ3v) is 14.3. The largest absolute Gasteiger partial charge is 0.496 e. The van der Waals surface area contributed by atoms with Crippen molar-refractivity contribution in [3.8, 4) is 16.2 Å². The molecule has 1 saturated heterocycles. The van der Waals surface area contributed by atoms with Crippen LogP contribution in [0.2, 0.25) is 0 Å². The molecule has 52 heavy (non-hydrogen) atoms. The molecule has 1 atom stereocenters. The number of benzene rings is 1. The number of rotatable bonds is 10. The molecule has 0 N–H and O–H groups in total. The maximum absolute atomic E-state index is 14.7. The monoisotopic (exact) mass is 727 g/mol. The number of ether oxygens (including phenoxy) is 2. The number of aromatic nitrogens is 2. The van der Waals surface area contributed by atoms with Gasteiger partial charge >= 0.3 is 6.09 Å². The van der Waals surface area contributed by atoms with Crippen molar-refractivity contribution in [2.24, 2.45) is 11.3 Å². The number of nitrogens with zero attached hydrogens (tertiary/aromatic N) is 5. The van der Waals surface area contributed by atoms with Crippen molar-refractivity contribution in [1.29, 1.82) is 0 Å². The molecule has 0 spiro atoms. The van der Waals surface area contributed by atoms with Crippen molar-refractivity contribution in [1.82, 2.24) is 19.8 Å². The van der Waals surface area contributed by atoms with Gasteiger partial charge in [0.1, 0.15) is 17.7 Å². The molecular formula is C42H57N5O4S. The van der Waals surface area contributed by atoms with E-state index >= 15 is 0 Å². The fraction of sp³-hybridized carbons (Fsp3) is 0.619. The number of pyridine rings is 1. The number of thiazole rings is 1. The molecule has 1 aromatic carbocycles. The number of likely N-dealkylation sites (tertiary alicyclic amines) is 1. The van der Waals surface area contributed by atoms with Gasteiger partial charge in [0.05, 0.1) is 17.0 Å². The molecule has 5 fully saturated rings. The Hall–Kier alpha value is -3.50. The number of carbonyl (C=O) groups excluding carboxylic acids is 2. The fourth-order valence-corrected chi connectivity index (χ4v) is 10.3. The lowest BCUT2D eigenvalue weighted by atomic mass is 9.51. The molecule has 2 aromatic heterocycles. The quantitative estimate of drug-likeness (QED) is 0.207. The van der Waals surface area contributed by atoms with Crippen LogP contribution in [0.1, 0.15) is 107 Å². The van der Waals surface area contributed by atoms with Crippen LogP contribution >= 0.6 is 11.3 Å². The van der Waals surface area contributed by atoms with Gasteiger partial charge in [0.15, 0.2) is 0 Å². The Kier molecular flexibility index (Phi) is 10.7. The van der Waals surface area contributed by atoms with Crippen LogP contribution < -0.4 is 9.64 Å². The number of hydrogen-bond acceptors (Lipinski definition) is 8. The Labute approximate surface area is 314 Å². The molecule has 1 aliphatic heterocycles. The number of fused-ring (bicyclic) bond motifs is 3. The Morgan fingerprint density at radius 3 is 2.33 bits per heavy atom. The van der Waals surface area contributed by atoms with E-state index in [9.17, 15) is 9.59 Å². The van der Waals surface area contributed by atoms with Crippen LogP contribution in [0.15, 0.2) is 42.7 Å². The minimum atomic E-state index is -0.208. The average Bonchev–Trinajstić information content (AvgIpc) is 3.87. The van der Waals surface area contributed by atoms with Crippen LogP contribution in [-0.2, 0) is 14.9 Å². The van der Waals surface area contributed by atoms with Gasteiger partial charge in [-0.1, -0.05) is 26.0 Å². The highest BCUT2D eigenvalue weighted by Crippen LogP contribution is 2.58. The van der Waals surface area contributed by atoms with E-state index in [0.29, 0.717) is 50.7 Å². The van der Waals surface area contributed by atoms with Crippen LogP contribution in [0, 0.1) is 18.3 Å². The van der Waals surface area contributed by atoms with Crippen molar-refractivity contribution in [3.05, 3.63) is 58.9 Å². The lowest BCUT2D eigenvalue weighted by Crippen LogP contribution is -2.52. The molecule has 4 aliphatic carbocycles. The fourth-order valence-electron chi connectivity index (χ4n) is 9.35. The van der Waals surface area contributed by atoms with E-state index in [4.69, 9.17) is 14.5 Å². The van der Waals surface area contributed by atoms with Gasteiger partial charge < -0.3 is 19.3 Å². The molecule has 280 valence electrons. The van der Waals surface area contributed by atoms with Crippen LogP contribution in [-0.4, -0.2) is 84.8 Å². The molecule has 0 radical (unpaired) electrons. The molecule has 3 heterocycles. The summed E-state index contributed by atoms with van der Waals surface area (Å²) in [5.74, 6) is 2.09. The Bertz CT molecular complexity index is 1720. The summed E-state index contributed by atoms with van der Waals surface area (Å²) in [5.41, 5.74) is 3.95. The first-order chi connectivity index (χ1) is 25.0. The molecule has 2 amide bonds. The highest BCUT2D eigenvalue weighted by molar-refractivity contribution is 7.15. The molecule has 8 rings (SSSR count). The van der Waals surface area contributed by atoms with E-state index in [1.807, 2.05) is 28.3 Å². The first-order valence-corrected chi connectivity index (χ1v) is 20.3. The maximum atomic E-state index is 14.7. The highest BCUT2D eigenvalue weighted by atomic mass is 32.1. The first-order valence-electron chi connectivity index (χ1n) is 19.5. The molecular weight excluding hydrogens is 671 g/mol. The molecule has 10 heteroatoms. The first kappa shape index (κ1) is 36.8. The highest BCUT2D eigenvalue weighted by Gasteiger charge is 2.51. The predicted molar refractivity (Wildman–Crippen MR) is 207 cm³/mol. The van der Waals surface area contributed by atoms with Crippen LogP contribution in [0.5, 0.6) is 5.75 Å². The number of aryl methyl sites for hydroxylation is 1. The molecule has 9 nitrogen and oxygen atoms in total. The zero-order chi connectivity index (χ0) is 36.6. The summed E-state index contributed by atoms with van der Waals surface area (Å²) in [4.78, 5) is 44.5. The van der Waals surface area contributed by atoms with Gasteiger partial charge in [-0.05, 0) is 137 Å². The minimum absolute atomic E-state index is 0.0682. The number of anilines is 1. The summed E-state index contributed by atoms with van der Waals surface area (Å²) >= 11 is 1.72. The minimum Gasteiger partial charge on any atom is -0.496 e. The van der Waals surface area contributed by atoms with Crippen molar-refractivity contribution in [3.63, 3.8) is 0 Å². The summed E-state index contributed by atoms with van der Waals surface area (Å²) in [6.45, 7) is 8.62. The summed E-state index contributed by atoms with van der Waals surface area (Å²) in [7, 11) is 5.87. The molecule has 5 aliphatic rings. The SMILES string of the molecule is COc1ccc(C23CCC(CN(C(=O)C4CCC(OC(=O)N5CCC(N(C)C)C5)CC4)c4cc(-c5cnc(C(C)C)s5)ccn4)(CC2)CC3)cc1C. The van der Waals surface area contributed by atoms with Gasteiger partial charge in [0.25, 0.3) is 0 Å². The van der Waals surface area contributed by atoms with Crippen LogP contribution in [0.3, 0.4) is 0 Å². The standard InChI is InChI=1S/C42H57N5O4S/c1-28(2)38-44-25-36(52-38)31-13-21-43-37(24-31)47(27-41-15-18-42(19-16-41,20-17-41)32-9-12-35(50-6)29(3)23-32)39(48)30-7-10-34(11-8-30)51-40(49)46-22-14-33(26-46)45(4)5/h9,12-13,21,23-25,28,30,33-34H,7-8,10-11,14-20,22,26-27H2,1-6H3. The molecule has 1 unspecified atom stereocenters. The topological polar surface area (TPSA) is 88.1 Å². The zero-order valence-corrected chi connectivity index (χ0v) is 32.8. The predicted octanol–water partition coefficient (Wildman–Crippen LogP) is 8.60. The molecule has 4 saturated carbocycles. The van der Waals surface area contributed by atoms with Crippen molar-refractivity contribution < 1.29 is 19.1 Å². The van der Waals surface area contributed by atoms with E-state index < -0.39 is 0 Å². The van der Waals surface area contributed by atoms with E-state index in [2.05, 4.69) is 69.0 Å². The second kappa shape index (κ2) is 15.1. The smallest absolute Gasteiger partial charge is 0.410 e. The Morgan fingerprint density at radius 1 is 0.981 bits per heavy atom. The number of amides is 2. The van der Waals surface area contributed by atoms with E-state index in [1.54, 1.807) is 18.4 Å². The van der Waals surface area contributed by atoms with Gasteiger partial charge in [-0.25, -0.2) is 14.8 Å². The zero-order valence-electron chi connectivity index (χ0n) is 32.0. The third kappa shape index (κ3) is 7.47. The van der Waals surface area contributed by atoms with E-state index in [0.717, 1.165) is 78.5 Å². The van der Waals surface area contributed by atoms with Gasteiger partial charge in [-0.2, -0.15) is 0 Å². The van der Waals surface area contributed by atoms with E-state index in [-0.39, 0.29) is 34.9 Å². The summed E-state index contributed by atoms with van der Waals surface area (Å²) in [6.07, 6.45) is 14.0. The van der Waals surface area contributed by atoms with Gasteiger partial charge in [0, 0.05) is 49.9 Å². The van der Waals surface area contributed by atoms with Gasteiger partial charge in [0.2, 0.25) is 5.91 Å². The second-order valence-corrected chi connectivity index (χ2v) is 17.8. The Balaban J connectivity index is 1.07. The average molecular weight is 728 g/mol. The number of likely N-dealkylation sites (N-methyl/N-ethyl adjacent to an activating group) is 1. The van der Waals surface area contributed by atoms with Crippen molar-refractivity contribution in [2.45, 2.75) is 115 Å². The lowest BCUT2D eigenvalue weighted by molar-refractivity contribution is -0.124. The lowest BCUT2D eigenvalue weighted by Gasteiger charge is -2.55. The number of hydrogen-bond donors (Lipinski definition) is 0. The number of carbonyl (C=O) groups is 2.